The molecule has 0 unspecified atom stereocenters. The minimum Gasteiger partial charge on any atom is -0.493 e. The highest BCUT2D eigenvalue weighted by atomic mass is 16.6. The predicted octanol–water partition coefficient (Wildman–Crippen LogP) is 4.76. The maximum atomic E-state index is 14.1. The van der Waals surface area contributed by atoms with Gasteiger partial charge in [-0.1, -0.05) is 36.4 Å². The zero-order valence-corrected chi connectivity index (χ0v) is 23.0. The average molecular weight is 556 g/mol. The van der Waals surface area contributed by atoms with E-state index in [0.29, 0.717) is 22.8 Å². The molecule has 0 radical (unpaired) electrons. The molecule has 0 spiro atoms. The van der Waals surface area contributed by atoms with Crippen molar-refractivity contribution in [3.8, 4) is 22.9 Å². The smallest absolute Gasteiger partial charge is 0.277 e. The molecular weight excluding hydrogens is 526 g/mol. The second-order valence-corrected chi connectivity index (χ2v) is 9.44. The topological polar surface area (TPSA) is 137 Å². The van der Waals surface area contributed by atoms with Gasteiger partial charge in [0.05, 0.1) is 53.1 Å². The minimum absolute atomic E-state index is 0.120. The molecule has 0 fully saturated rings. The van der Waals surface area contributed by atoms with E-state index in [1.54, 1.807) is 69.3 Å². The Bertz CT molecular complexity index is 1740. The van der Waals surface area contributed by atoms with Gasteiger partial charge in [-0.05, 0) is 51.1 Å². The highest BCUT2D eigenvalue weighted by Gasteiger charge is 2.36. The number of hydrogen-bond donors (Lipinski definition) is 2. The van der Waals surface area contributed by atoms with Crippen LogP contribution in [0.15, 0.2) is 82.4 Å². The number of hydrogen-bond acceptors (Lipinski definition) is 6. The van der Waals surface area contributed by atoms with Gasteiger partial charge in [-0.25, -0.2) is 9.36 Å². The zero-order chi connectivity index (χ0) is 29.3. The molecule has 3 aromatic carbocycles. The molecule has 2 aromatic heterocycles. The number of H-pyrrole nitrogens is 2. The van der Waals surface area contributed by atoms with Gasteiger partial charge in [0.1, 0.15) is 0 Å². The minimum atomic E-state index is -1.12. The molecule has 5 aromatic rings. The summed E-state index contributed by atoms with van der Waals surface area (Å²) < 4.78 is 13.9. The Labute approximate surface area is 234 Å². The van der Waals surface area contributed by atoms with Crippen molar-refractivity contribution in [2.24, 2.45) is 0 Å². The van der Waals surface area contributed by atoms with E-state index < -0.39 is 22.0 Å². The third-order valence-corrected chi connectivity index (χ3v) is 6.96. The van der Waals surface area contributed by atoms with Gasteiger partial charge in [0.25, 0.3) is 16.8 Å². The number of ether oxygens (including phenoxy) is 2. The molecule has 0 bridgehead atoms. The van der Waals surface area contributed by atoms with Crippen molar-refractivity contribution < 1.29 is 14.4 Å². The van der Waals surface area contributed by atoms with Crippen LogP contribution in [0, 0.1) is 24.0 Å². The van der Waals surface area contributed by atoms with Crippen LogP contribution in [-0.2, 0) is 0 Å². The van der Waals surface area contributed by atoms with Crippen LogP contribution in [0.25, 0.3) is 11.4 Å². The van der Waals surface area contributed by atoms with Gasteiger partial charge >= 0.3 is 0 Å². The molecule has 0 saturated heterocycles. The fraction of sp³-hybridized carbons (Fsp3) is 0.200. The normalized spacial score (nSPS) is 11.1. The maximum absolute atomic E-state index is 14.1. The van der Waals surface area contributed by atoms with Crippen LogP contribution in [0.3, 0.4) is 0 Å². The van der Waals surface area contributed by atoms with Crippen molar-refractivity contribution in [1.29, 1.82) is 0 Å². The summed E-state index contributed by atoms with van der Waals surface area (Å²) in [6.45, 7) is 5.43. The van der Waals surface area contributed by atoms with Gasteiger partial charge < -0.3 is 9.47 Å². The number of nitro groups is 1. The molecule has 0 aliphatic heterocycles. The number of nitrogens with zero attached hydrogens (tertiary/aromatic N) is 3. The van der Waals surface area contributed by atoms with Crippen LogP contribution < -0.4 is 20.6 Å². The molecule has 210 valence electrons. The third-order valence-electron chi connectivity index (χ3n) is 6.96. The van der Waals surface area contributed by atoms with Gasteiger partial charge in [0.2, 0.25) is 0 Å². The van der Waals surface area contributed by atoms with E-state index in [2.05, 4.69) is 10.2 Å². The summed E-state index contributed by atoms with van der Waals surface area (Å²) in [7, 11) is 1.43. The molecule has 11 nitrogen and oxygen atoms in total. The van der Waals surface area contributed by atoms with Crippen LogP contribution in [0.1, 0.15) is 40.9 Å². The molecule has 0 aliphatic carbocycles. The largest absolute Gasteiger partial charge is 0.493 e. The van der Waals surface area contributed by atoms with Crippen LogP contribution in [0.4, 0.5) is 5.69 Å². The molecular formula is C30H29N5O6. The molecule has 0 amide bonds. The molecule has 41 heavy (non-hydrogen) atoms. The Morgan fingerprint density at radius 2 is 1.32 bits per heavy atom. The summed E-state index contributed by atoms with van der Waals surface area (Å²) in [5, 5.41) is 18.7. The van der Waals surface area contributed by atoms with Gasteiger partial charge in [0, 0.05) is 17.0 Å². The van der Waals surface area contributed by atoms with Crippen molar-refractivity contribution in [2.75, 3.05) is 13.7 Å². The number of aromatic nitrogens is 4. The Morgan fingerprint density at radius 1 is 0.829 bits per heavy atom. The van der Waals surface area contributed by atoms with E-state index in [9.17, 15) is 19.7 Å². The van der Waals surface area contributed by atoms with Crippen molar-refractivity contribution in [2.45, 2.75) is 26.7 Å². The molecule has 0 saturated carbocycles. The van der Waals surface area contributed by atoms with E-state index in [4.69, 9.17) is 9.47 Å². The summed E-state index contributed by atoms with van der Waals surface area (Å²) in [4.78, 5) is 40.1. The van der Waals surface area contributed by atoms with E-state index in [1.807, 2.05) is 12.1 Å². The second-order valence-electron chi connectivity index (χ2n) is 9.44. The lowest BCUT2D eigenvalue weighted by atomic mass is 9.84. The Balaban J connectivity index is 1.87. The number of rotatable bonds is 9. The summed E-state index contributed by atoms with van der Waals surface area (Å²) in [6.07, 6.45) is 0. The fourth-order valence-corrected chi connectivity index (χ4v) is 5.15. The van der Waals surface area contributed by atoms with Gasteiger partial charge in [-0.15, -0.1) is 0 Å². The average Bonchev–Trinajstić information content (AvgIpc) is 3.44. The van der Waals surface area contributed by atoms with Crippen LogP contribution in [0.5, 0.6) is 11.5 Å². The number of para-hydroxylation sites is 2. The Kier molecular flexibility index (Phi) is 7.34. The Morgan fingerprint density at radius 3 is 1.73 bits per heavy atom. The predicted molar refractivity (Wildman–Crippen MR) is 154 cm³/mol. The fourth-order valence-electron chi connectivity index (χ4n) is 5.15. The van der Waals surface area contributed by atoms with E-state index in [1.165, 1.54) is 28.6 Å². The number of nitro benzene ring substituents is 1. The highest BCUT2D eigenvalue weighted by molar-refractivity contribution is 5.61. The molecule has 5 rings (SSSR count). The van der Waals surface area contributed by atoms with E-state index in [0.717, 1.165) is 0 Å². The van der Waals surface area contributed by atoms with E-state index in [-0.39, 0.29) is 40.5 Å². The summed E-state index contributed by atoms with van der Waals surface area (Å²) >= 11 is 0. The SMILES string of the molecule is CCOc1cc([N+](=O)[O-])c(C(c2c(C)[nH]n(-c3ccccc3)c2=O)c2c(C)[nH]n(-c3ccccc3)c2=O)cc1OC. The van der Waals surface area contributed by atoms with Gasteiger partial charge in [-0.2, -0.15) is 0 Å². The molecule has 0 atom stereocenters. The molecule has 2 heterocycles. The quantitative estimate of drug-likeness (QED) is 0.199. The second kappa shape index (κ2) is 11.0. The van der Waals surface area contributed by atoms with Gasteiger partial charge in [0.15, 0.2) is 11.5 Å². The van der Waals surface area contributed by atoms with Crippen LogP contribution >= 0.6 is 0 Å². The van der Waals surface area contributed by atoms with Crippen molar-refractivity contribution in [3.05, 3.63) is 132 Å². The first-order chi connectivity index (χ1) is 19.8. The van der Waals surface area contributed by atoms with Crippen molar-refractivity contribution in [3.63, 3.8) is 0 Å². The number of benzene rings is 3. The number of aryl methyl sites for hydroxylation is 2. The third kappa shape index (κ3) is 4.82. The Hall–Kier alpha value is -5.32. The van der Waals surface area contributed by atoms with Gasteiger partial charge in [-0.3, -0.25) is 29.9 Å². The molecule has 2 N–H and O–H groups in total. The van der Waals surface area contributed by atoms with Crippen molar-refractivity contribution >= 4 is 5.69 Å². The first kappa shape index (κ1) is 27.3. The first-order valence-corrected chi connectivity index (χ1v) is 13.0. The summed E-state index contributed by atoms with van der Waals surface area (Å²) in [6, 6.07) is 20.7. The number of nitrogens with one attached hydrogen (secondary N) is 2. The molecule has 11 heteroatoms. The van der Waals surface area contributed by atoms with Crippen molar-refractivity contribution in [1.82, 2.24) is 19.6 Å². The van der Waals surface area contributed by atoms with Crippen LogP contribution in [-0.4, -0.2) is 38.2 Å². The monoisotopic (exact) mass is 555 g/mol. The number of methoxy groups -OCH3 is 1. The first-order valence-electron chi connectivity index (χ1n) is 13.0. The highest BCUT2D eigenvalue weighted by Crippen LogP contribution is 2.43. The summed E-state index contributed by atoms with van der Waals surface area (Å²) in [5.41, 5.74) is 1.40. The summed E-state index contributed by atoms with van der Waals surface area (Å²) in [5.74, 6) is -0.697. The number of aromatic amines is 2. The standard InChI is InChI=1S/C30H29N5O6/c1-5-41-25-17-23(35(38)39)22(16-24(25)40-4)28(26-18(2)31-33(29(26)36)20-12-8-6-9-13-20)27-19(3)32-34(30(27)37)21-14-10-7-11-15-21/h6-17,28,31-32H,5H2,1-4H3. The lowest BCUT2D eigenvalue weighted by Gasteiger charge is -2.18. The maximum Gasteiger partial charge on any atom is 0.277 e. The molecule has 0 aliphatic rings. The lowest BCUT2D eigenvalue weighted by Crippen LogP contribution is -2.26. The van der Waals surface area contributed by atoms with Crippen LogP contribution in [0.2, 0.25) is 0 Å². The lowest BCUT2D eigenvalue weighted by molar-refractivity contribution is -0.385. The van der Waals surface area contributed by atoms with E-state index >= 15 is 0 Å². The zero-order valence-electron chi connectivity index (χ0n) is 23.0.